The van der Waals surface area contributed by atoms with Crippen LogP contribution in [0.1, 0.15) is 19.4 Å². The van der Waals surface area contributed by atoms with Gasteiger partial charge in [0.2, 0.25) is 0 Å². The van der Waals surface area contributed by atoms with Crippen LogP contribution in [0.25, 0.3) is 11.5 Å². The molecule has 0 unspecified atom stereocenters. The van der Waals surface area contributed by atoms with E-state index in [1.807, 2.05) is 30.9 Å². The Labute approximate surface area is 158 Å². The zero-order valence-corrected chi connectivity index (χ0v) is 16.0. The van der Waals surface area contributed by atoms with Crippen molar-refractivity contribution in [1.82, 2.24) is 10.1 Å². The van der Waals surface area contributed by atoms with Crippen LogP contribution >= 0.6 is 15.9 Å². The van der Waals surface area contributed by atoms with Crippen molar-refractivity contribution in [3.05, 3.63) is 52.3 Å². The van der Waals surface area contributed by atoms with Crippen LogP contribution in [0.15, 0.2) is 45.4 Å². The average molecular weight is 418 g/mol. The van der Waals surface area contributed by atoms with Gasteiger partial charge in [-0.15, -0.1) is 0 Å². The molecule has 2 heterocycles. The Morgan fingerprint density at radius 3 is 2.85 bits per heavy atom. The molecule has 0 fully saturated rings. The molecule has 26 heavy (non-hydrogen) atoms. The highest BCUT2D eigenvalue weighted by Gasteiger charge is 2.25. The summed E-state index contributed by atoms with van der Waals surface area (Å²) in [6.45, 7) is 4.54. The maximum Gasteiger partial charge on any atom is 0.270 e. The minimum absolute atomic E-state index is 0.0227. The third-order valence-corrected chi connectivity index (χ3v) is 4.63. The average Bonchev–Trinajstić information content (AvgIpc) is 3.20. The van der Waals surface area contributed by atoms with Gasteiger partial charge in [0.25, 0.3) is 11.8 Å². The predicted molar refractivity (Wildman–Crippen MR) is 100 cm³/mol. The predicted octanol–water partition coefficient (Wildman–Crippen LogP) is 5.12. The van der Waals surface area contributed by atoms with E-state index in [-0.39, 0.29) is 17.6 Å². The molecule has 0 N–H and O–H groups in total. The second-order valence-corrected chi connectivity index (χ2v) is 7.30. The quantitative estimate of drug-likeness (QED) is 0.589. The van der Waals surface area contributed by atoms with Crippen LogP contribution in [-0.2, 0) is 6.42 Å². The van der Waals surface area contributed by atoms with Gasteiger partial charge < -0.3 is 14.2 Å². The van der Waals surface area contributed by atoms with Gasteiger partial charge in [0.15, 0.2) is 0 Å². The summed E-state index contributed by atoms with van der Waals surface area (Å²) >= 11 is 3.48. The second kappa shape index (κ2) is 6.72. The number of hydrogen-bond donors (Lipinski definition) is 0. The number of benzene rings is 2. The van der Waals surface area contributed by atoms with Crippen LogP contribution in [0.3, 0.4) is 0 Å². The van der Waals surface area contributed by atoms with Crippen molar-refractivity contribution in [1.29, 1.82) is 0 Å². The lowest BCUT2D eigenvalue weighted by molar-refractivity contribution is 0.241. The second-order valence-electron chi connectivity index (χ2n) is 6.38. The van der Waals surface area contributed by atoms with E-state index in [2.05, 4.69) is 32.1 Å². The highest BCUT2D eigenvalue weighted by Crippen LogP contribution is 2.36. The summed E-state index contributed by atoms with van der Waals surface area (Å²) < 4.78 is 26.3. The number of rotatable bonds is 4. The lowest BCUT2D eigenvalue weighted by Gasteiger charge is -2.13. The maximum absolute atomic E-state index is 14.4. The molecule has 0 atom stereocenters. The molecule has 0 saturated heterocycles. The van der Waals surface area contributed by atoms with Crippen LogP contribution in [0.2, 0.25) is 0 Å². The largest absolute Gasteiger partial charge is 0.491 e. The van der Waals surface area contributed by atoms with Crippen LogP contribution < -0.4 is 9.64 Å². The molecule has 2 aromatic carbocycles. The first-order chi connectivity index (χ1) is 12.5. The van der Waals surface area contributed by atoms with Crippen molar-refractivity contribution >= 4 is 27.6 Å². The maximum atomic E-state index is 14.4. The van der Waals surface area contributed by atoms with Crippen LogP contribution in [0.4, 0.5) is 16.0 Å². The third kappa shape index (κ3) is 3.19. The van der Waals surface area contributed by atoms with Gasteiger partial charge in [0.1, 0.15) is 11.6 Å². The van der Waals surface area contributed by atoms with Gasteiger partial charge in [-0.05, 0) is 61.3 Å². The summed E-state index contributed by atoms with van der Waals surface area (Å²) in [5, 5.41) is 4.04. The Kier molecular flexibility index (Phi) is 4.40. The summed E-state index contributed by atoms with van der Waals surface area (Å²) in [6, 6.07) is 10.7. The lowest BCUT2D eigenvalue weighted by atomic mass is 10.2. The smallest absolute Gasteiger partial charge is 0.270 e. The molecular formula is C19H17BrFN3O2. The monoisotopic (exact) mass is 417 g/mol. The van der Waals surface area contributed by atoms with Gasteiger partial charge in [0.05, 0.1) is 11.7 Å². The van der Waals surface area contributed by atoms with Crippen molar-refractivity contribution in [2.75, 3.05) is 11.4 Å². The fourth-order valence-corrected chi connectivity index (χ4v) is 3.44. The third-order valence-electron chi connectivity index (χ3n) is 4.14. The number of hydrogen-bond acceptors (Lipinski definition) is 5. The van der Waals surface area contributed by atoms with E-state index in [1.54, 1.807) is 12.1 Å². The molecule has 0 radical (unpaired) electrons. The number of anilines is 2. The van der Waals surface area contributed by atoms with Gasteiger partial charge >= 0.3 is 0 Å². The summed E-state index contributed by atoms with van der Waals surface area (Å²) in [4.78, 5) is 6.37. The number of nitrogens with zero attached hydrogens (tertiary/aromatic N) is 3. The zero-order chi connectivity index (χ0) is 18.3. The number of ether oxygens (including phenoxy) is 1. The molecular weight excluding hydrogens is 401 g/mol. The summed E-state index contributed by atoms with van der Waals surface area (Å²) in [5.74, 6) is 0.603. The van der Waals surface area contributed by atoms with Crippen LogP contribution in [0.5, 0.6) is 5.75 Å². The molecule has 134 valence electrons. The van der Waals surface area contributed by atoms with E-state index < -0.39 is 5.82 Å². The fraction of sp³-hybridized carbons (Fsp3) is 0.263. The van der Waals surface area contributed by atoms with E-state index in [1.165, 1.54) is 11.6 Å². The molecule has 1 aromatic heterocycles. The topological polar surface area (TPSA) is 51.4 Å². The Morgan fingerprint density at radius 2 is 2.08 bits per heavy atom. The molecule has 1 aliphatic heterocycles. The van der Waals surface area contributed by atoms with Crippen molar-refractivity contribution in [2.24, 2.45) is 0 Å². The van der Waals surface area contributed by atoms with E-state index in [0.717, 1.165) is 23.1 Å². The minimum Gasteiger partial charge on any atom is -0.491 e. The molecule has 5 nitrogen and oxygen atoms in total. The molecule has 0 saturated carbocycles. The Bertz CT molecular complexity index is 958. The minimum atomic E-state index is -0.455. The van der Waals surface area contributed by atoms with Crippen molar-refractivity contribution in [3.63, 3.8) is 0 Å². The molecule has 0 aliphatic carbocycles. The van der Waals surface area contributed by atoms with E-state index >= 15 is 0 Å². The highest BCUT2D eigenvalue weighted by molar-refractivity contribution is 9.10. The number of fused-ring (bicyclic) bond motifs is 1. The molecule has 0 bridgehead atoms. The number of halogens is 2. The van der Waals surface area contributed by atoms with Gasteiger partial charge in [-0.3, -0.25) is 0 Å². The first-order valence-electron chi connectivity index (χ1n) is 8.37. The van der Waals surface area contributed by atoms with Gasteiger partial charge in [0, 0.05) is 22.8 Å². The standard InChI is InChI=1S/C19H17BrFN3O2/c1-11(2)25-14-4-5-15(16(21)10-14)18-22-19(23-26-18)24-8-7-12-9-13(20)3-6-17(12)24/h3-6,9-11H,7-8H2,1-2H3. The molecule has 7 heteroatoms. The van der Waals surface area contributed by atoms with Gasteiger partial charge in [-0.2, -0.15) is 4.98 Å². The highest BCUT2D eigenvalue weighted by atomic mass is 79.9. The van der Waals surface area contributed by atoms with E-state index in [4.69, 9.17) is 9.26 Å². The molecule has 1 aliphatic rings. The van der Waals surface area contributed by atoms with Crippen molar-refractivity contribution < 1.29 is 13.7 Å². The molecule has 3 aromatic rings. The number of aromatic nitrogens is 2. The molecule has 4 rings (SSSR count). The van der Waals surface area contributed by atoms with Crippen LogP contribution in [-0.4, -0.2) is 22.8 Å². The SMILES string of the molecule is CC(C)Oc1ccc(-c2nc(N3CCc4cc(Br)ccc43)no2)c(F)c1. The first kappa shape index (κ1) is 17.0. The van der Waals surface area contributed by atoms with Gasteiger partial charge in [-0.1, -0.05) is 15.9 Å². The van der Waals surface area contributed by atoms with Crippen molar-refractivity contribution in [3.8, 4) is 17.2 Å². The van der Waals surface area contributed by atoms with Gasteiger partial charge in [-0.25, -0.2) is 4.39 Å². The molecule has 0 spiro atoms. The van der Waals surface area contributed by atoms with Crippen LogP contribution in [0, 0.1) is 5.82 Å². The molecule has 0 amide bonds. The lowest BCUT2D eigenvalue weighted by Crippen LogP contribution is -2.14. The Hall–Kier alpha value is -2.41. The summed E-state index contributed by atoms with van der Waals surface area (Å²) in [7, 11) is 0. The fourth-order valence-electron chi connectivity index (χ4n) is 3.03. The van der Waals surface area contributed by atoms with Crippen molar-refractivity contribution in [2.45, 2.75) is 26.4 Å². The zero-order valence-electron chi connectivity index (χ0n) is 14.4. The summed E-state index contributed by atoms with van der Waals surface area (Å²) in [5.41, 5.74) is 2.52. The van der Waals surface area contributed by atoms with E-state index in [9.17, 15) is 4.39 Å². The Morgan fingerprint density at radius 1 is 1.23 bits per heavy atom. The normalized spacial score (nSPS) is 13.3. The summed E-state index contributed by atoms with van der Waals surface area (Å²) in [6.07, 6.45) is 0.874. The first-order valence-corrected chi connectivity index (χ1v) is 9.17. The van der Waals surface area contributed by atoms with E-state index in [0.29, 0.717) is 11.7 Å². The Balaban J connectivity index is 1.62.